The SMILES string of the molecule is CN1CCCC(COc2cccc(Nc3ncc(Cl)c(Nc4ccccc4CS(C)(=O)=O)n3)c2)C1. The summed E-state index contributed by atoms with van der Waals surface area (Å²) in [5.41, 5.74) is 2.04. The fourth-order valence-electron chi connectivity index (χ4n) is 4.11. The van der Waals surface area contributed by atoms with Gasteiger partial charge in [0.15, 0.2) is 15.7 Å². The summed E-state index contributed by atoms with van der Waals surface area (Å²) < 4.78 is 29.7. The van der Waals surface area contributed by atoms with Crippen molar-refractivity contribution in [2.24, 2.45) is 5.92 Å². The van der Waals surface area contributed by atoms with E-state index in [2.05, 4.69) is 32.5 Å². The predicted molar refractivity (Wildman–Crippen MR) is 141 cm³/mol. The number of ether oxygens (including phenoxy) is 1. The van der Waals surface area contributed by atoms with Crippen LogP contribution in [-0.4, -0.2) is 56.3 Å². The Morgan fingerprint density at radius 3 is 2.80 bits per heavy atom. The fraction of sp³-hybridized carbons (Fsp3) is 0.360. The molecule has 3 aromatic rings. The molecule has 1 unspecified atom stereocenters. The highest BCUT2D eigenvalue weighted by molar-refractivity contribution is 7.89. The summed E-state index contributed by atoms with van der Waals surface area (Å²) in [5.74, 6) is 1.95. The highest BCUT2D eigenvalue weighted by atomic mass is 35.5. The molecule has 8 nitrogen and oxygen atoms in total. The number of piperidine rings is 1. The molecule has 1 saturated heterocycles. The van der Waals surface area contributed by atoms with Crippen LogP contribution in [0.1, 0.15) is 18.4 Å². The van der Waals surface area contributed by atoms with E-state index in [1.54, 1.807) is 18.2 Å². The van der Waals surface area contributed by atoms with E-state index >= 15 is 0 Å². The zero-order valence-electron chi connectivity index (χ0n) is 19.9. The van der Waals surface area contributed by atoms with E-state index in [9.17, 15) is 8.42 Å². The second-order valence-electron chi connectivity index (χ2n) is 8.98. The van der Waals surface area contributed by atoms with E-state index in [1.165, 1.54) is 25.3 Å². The van der Waals surface area contributed by atoms with E-state index in [4.69, 9.17) is 16.3 Å². The maximum atomic E-state index is 11.8. The van der Waals surface area contributed by atoms with Gasteiger partial charge in [-0.1, -0.05) is 35.9 Å². The van der Waals surface area contributed by atoms with Gasteiger partial charge in [0, 0.05) is 36.2 Å². The van der Waals surface area contributed by atoms with Crippen LogP contribution >= 0.6 is 11.6 Å². The van der Waals surface area contributed by atoms with Crippen LogP contribution in [0.2, 0.25) is 5.02 Å². The first-order chi connectivity index (χ1) is 16.7. The molecule has 2 heterocycles. The molecule has 186 valence electrons. The van der Waals surface area contributed by atoms with Gasteiger partial charge in [0.25, 0.3) is 0 Å². The molecule has 1 atom stereocenters. The predicted octanol–water partition coefficient (Wildman–Crippen LogP) is 4.88. The number of rotatable bonds is 9. The average molecular weight is 516 g/mol. The first-order valence-electron chi connectivity index (χ1n) is 11.5. The van der Waals surface area contributed by atoms with Crippen LogP contribution in [0.25, 0.3) is 0 Å². The van der Waals surface area contributed by atoms with Crippen molar-refractivity contribution in [3.63, 3.8) is 0 Å². The Balaban J connectivity index is 1.45. The minimum Gasteiger partial charge on any atom is -0.493 e. The van der Waals surface area contributed by atoms with Crippen molar-refractivity contribution in [1.29, 1.82) is 0 Å². The third-order valence-corrected chi connectivity index (χ3v) is 6.84. The molecule has 0 aliphatic carbocycles. The largest absolute Gasteiger partial charge is 0.493 e. The van der Waals surface area contributed by atoms with Crippen LogP contribution in [0, 0.1) is 5.92 Å². The summed E-state index contributed by atoms with van der Waals surface area (Å²) in [6.45, 7) is 2.89. The maximum Gasteiger partial charge on any atom is 0.229 e. The highest BCUT2D eigenvalue weighted by Gasteiger charge is 2.18. The zero-order chi connectivity index (χ0) is 24.8. The van der Waals surface area contributed by atoms with E-state index in [-0.39, 0.29) is 5.75 Å². The molecular weight excluding hydrogens is 486 g/mol. The summed E-state index contributed by atoms with van der Waals surface area (Å²) in [4.78, 5) is 11.1. The highest BCUT2D eigenvalue weighted by Crippen LogP contribution is 2.28. The Morgan fingerprint density at radius 2 is 2.00 bits per heavy atom. The van der Waals surface area contributed by atoms with Gasteiger partial charge in [0.2, 0.25) is 5.95 Å². The first kappa shape index (κ1) is 25.2. The molecule has 2 N–H and O–H groups in total. The second-order valence-corrected chi connectivity index (χ2v) is 11.5. The number of nitrogens with zero attached hydrogens (tertiary/aromatic N) is 3. The summed E-state index contributed by atoms with van der Waals surface area (Å²) in [6.07, 6.45) is 5.09. The van der Waals surface area contributed by atoms with E-state index in [0.717, 1.165) is 24.5 Å². The monoisotopic (exact) mass is 515 g/mol. The van der Waals surface area contributed by atoms with Gasteiger partial charge in [0.1, 0.15) is 10.8 Å². The second kappa shape index (κ2) is 11.2. The molecular formula is C25H30ClN5O3S. The lowest BCUT2D eigenvalue weighted by Crippen LogP contribution is -2.34. The molecule has 1 fully saturated rings. The maximum absolute atomic E-state index is 11.8. The first-order valence-corrected chi connectivity index (χ1v) is 13.9. The van der Waals surface area contributed by atoms with Gasteiger partial charge < -0.3 is 20.3 Å². The van der Waals surface area contributed by atoms with Crippen LogP contribution in [0.4, 0.5) is 23.1 Å². The van der Waals surface area contributed by atoms with Crippen LogP contribution in [0.3, 0.4) is 0 Å². The molecule has 0 spiro atoms. The average Bonchev–Trinajstić information content (AvgIpc) is 2.81. The number of hydrogen-bond donors (Lipinski definition) is 2. The summed E-state index contributed by atoms with van der Waals surface area (Å²) in [6, 6.07) is 14.8. The molecule has 2 aromatic carbocycles. The minimum absolute atomic E-state index is 0.0894. The molecule has 0 amide bonds. The van der Waals surface area contributed by atoms with E-state index in [0.29, 0.717) is 40.6 Å². The van der Waals surface area contributed by atoms with Gasteiger partial charge in [0.05, 0.1) is 18.6 Å². The van der Waals surface area contributed by atoms with E-state index in [1.807, 2.05) is 30.3 Å². The van der Waals surface area contributed by atoms with Crippen molar-refractivity contribution < 1.29 is 13.2 Å². The van der Waals surface area contributed by atoms with Gasteiger partial charge in [-0.25, -0.2) is 13.4 Å². The Morgan fingerprint density at radius 1 is 1.17 bits per heavy atom. The number of aromatic nitrogens is 2. The Kier molecular flexibility index (Phi) is 8.10. The van der Waals surface area contributed by atoms with Crippen LogP contribution < -0.4 is 15.4 Å². The lowest BCUT2D eigenvalue weighted by atomic mass is 10.00. The molecule has 1 aliphatic heterocycles. The number of halogens is 1. The fourth-order valence-corrected chi connectivity index (χ4v) is 5.06. The molecule has 1 aliphatic rings. The standard InChI is InChI=1S/C25H30ClN5O3S/c1-31-12-6-7-18(15-31)16-34-21-10-5-9-20(13-21)28-25-27-14-22(26)24(30-25)29-23-11-4-3-8-19(23)17-35(2,32)33/h3-5,8-11,13-14,18H,6-7,12,15-17H2,1-2H3,(H2,27,28,29,30). The third-order valence-electron chi connectivity index (χ3n) is 5.73. The summed E-state index contributed by atoms with van der Waals surface area (Å²) >= 11 is 6.33. The molecule has 10 heteroatoms. The third kappa shape index (κ3) is 7.55. The summed E-state index contributed by atoms with van der Waals surface area (Å²) in [7, 11) is -1.05. The van der Waals surface area contributed by atoms with Crippen LogP contribution in [0.5, 0.6) is 5.75 Å². The van der Waals surface area contributed by atoms with Crippen molar-refractivity contribution in [2.45, 2.75) is 18.6 Å². The molecule has 4 rings (SSSR count). The lowest BCUT2D eigenvalue weighted by Gasteiger charge is -2.29. The minimum atomic E-state index is -3.20. The zero-order valence-corrected chi connectivity index (χ0v) is 21.4. The molecule has 35 heavy (non-hydrogen) atoms. The molecule has 0 radical (unpaired) electrons. The quantitative estimate of drug-likeness (QED) is 0.416. The number of benzene rings is 2. The number of para-hydroxylation sites is 1. The van der Waals surface area contributed by atoms with Gasteiger partial charge in [-0.3, -0.25) is 0 Å². The Hall–Kier alpha value is -2.88. The number of nitrogens with one attached hydrogen (secondary N) is 2. The van der Waals surface area contributed by atoms with Gasteiger partial charge >= 0.3 is 0 Å². The number of anilines is 4. The molecule has 1 aromatic heterocycles. The lowest BCUT2D eigenvalue weighted by molar-refractivity contribution is 0.150. The molecule has 0 bridgehead atoms. The van der Waals surface area contributed by atoms with E-state index < -0.39 is 9.84 Å². The Labute approximate surface area is 211 Å². The van der Waals surface area contributed by atoms with Gasteiger partial charge in [-0.15, -0.1) is 0 Å². The van der Waals surface area contributed by atoms with Crippen molar-refractivity contribution in [3.05, 3.63) is 65.3 Å². The smallest absolute Gasteiger partial charge is 0.229 e. The normalized spacial score (nSPS) is 16.6. The topological polar surface area (TPSA) is 96.5 Å². The summed E-state index contributed by atoms with van der Waals surface area (Å²) in [5, 5.41) is 6.65. The van der Waals surface area contributed by atoms with Gasteiger partial charge in [-0.2, -0.15) is 4.98 Å². The Bertz CT molecular complexity index is 1270. The number of likely N-dealkylation sites (tertiary alicyclic amines) is 1. The number of sulfone groups is 1. The number of hydrogen-bond acceptors (Lipinski definition) is 8. The van der Waals surface area contributed by atoms with Crippen molar-refractivity contribution >= 4 is 44.6 Å². The van der Waals surface area contributed by atoms with Crippen molar-refractivity contribution in [1.82, 2.24) is 14.9 Å². The van der Waals surface area contributed by atoms with Crippen LogP contribution in [-0.2, 0) is 15.6 Å². The van der Waals surface area contributed by atoms with Crippen molar-refractivity contribution in [3.8, 4) is 5.75 Å². The van der Waals surface area contributed by atoms with Gasteiger partial charge in [-0.05, 0) is 50.2 Å². The molecule has 0 saturated carbocycles. The van der Waals surface area contributed by atoms with Crippen LogP contribution in [0.15, 0.2) is 54.7 Å². The van der Waals surface area contributed by atoms with Crippen molar-refractivity contribution in [2.75, 3.05) is 43.6 Å².